The Bertz CT molecular complexity index is 275. The van der Waals surface area contributed by atoms with Gasteiger partial charge >= 0.3 is 6.18 Å². The predicted molar refractivity (Wildman–Crippen MR) is 60.5 cm³/mol. The minimum absolute atomic E-state index is 0.144. The molecule has 0 N–H and O–H groups in total. The average Bonchev–Trinajstić information content (AvgIpc) is 2.22. The highest BCUT2D eigenvalue weighted by atomic mass is 19.4. The fourth-order valence-electron chi connectivity index (χ4n) is 3.12. The number of nitroso groups, excluding NO2 is 1. The third-order valence-electron chi connectivity index (χ3n) is 3.64. The van der Waals surface area contributed by atoms with Crippen LogP contribution in [0.3, 0.4) is 0 Å². The van der Waals surface area contributed by atoms with Gasteiger partial charge in [0.1, 0.15) is 0 Å². The van der Waals surface area contributed by atoms with E-state index in [1.165, 1.54) is 0 Å². The second-order valence-electron chi connectivity index (χ2n) is 6.11. The van der Waals surface area contributed by atoms with Gasteiger partial charge in [-0.2, -0.15) is 18.1 Å². The Morgan fingerprint density at radius 1 is 1.24 bits per heavy atom. The summed E-state index contributed by atoms with van der Waals surface area (Å²) in [4.78, 5) is 10.5. The molecule has 1 fully saturated rings. The maximum absolute atomic E-state index is 12.7. The van der Waals surface area contributed by atoms with E-state index in [1.54, 1.807) is 0 Å². The van der Waals surface area contributed by atoms with E-state index in [2.05, 4.69) is 12.1 Å². The van der Waals surface area contributed by atoms with Gasteiger partial charge in [0.15, 0.2) is 6.04 Å². The summed E-state index contributed by atoms with van der Waals surface area (Å²) in [5.74, 6) is -0.247. The lowest BCUT2D eigenvalue weighted by Crippen LogP contribution is -2.35. The molecule has 5 heteroatoms. The van der Waals surface area contributed by atoms with Crippen LogP contribution in [0.5, 0.6) is 0 Å². The molecule has 0 radical (unpaired) electrons. The maximum atomic E-state index is 12.7. The van der Waals surface area contributed by atoms with Gasteiger partial charge in [-0.1, -0.05) is 32.4 Å². The second-order valence-corrected chi connectivity index (χ2v) is 6.11. The van der Waals surface area contributed by atoms with Crippen LogP contribution in [0.1, 0.15) is 46.5 Å². The van der Waals surface area contributed by atoms with Crippen molar-refractivity contribution in [2.75, 3.05) is 0 Å². The minimum Gasteiger partial charge on any atom is -0.168 e. The standard InChI is InChI=1S/C12H20F3NO/c1-8-4-5-9(7-11(2,3)6-8)10(16-17)12(13,14)15/h8-10H,4-7H2,1-3H3. The van der Waals surface area contributed by atoms with Crippen molar-refractivity contribution in [2.45, 2.75) is 58.7 Å². The third kappa shape index (κ3) is 3.96. The Morgan fingerprint density at radius 2 is 1.82 bits per heavy atom. The van der Waals surface area contributed by atoms with Gasteiger partial charge in [0.05, 0.1) is 0 Å². The fourth-order valence-corrected chi connectivity index (χ4v) is 3.12. The predicted octanol–water partition coefficient (Wildman–Crippen LogP) is 4.54. The van der Waals surface area contributed by atoms with Crippen LogP contribution < -0.4 is 0 Å². The SMILES string of the molecule is CC1CCC(C(N=O)C(F)(F)F)CC(C)(C)C1. The van der Waals surface area contributed by atoms with Gasteiger partial charge in [0.2, 0.25) is 0 Å². The first-order chi connectivity index (χ1) is 7.65. The lowest BCUT2D eigenvalue weighted by molar-refractivity contribution is -0.161. The molecule has 17 heavy (non-hydrogen) atoms. The summed E-state index contributed by atoms with van der Waals surface area (Å²) >= 11 is 0. The zero-order valence-electron chi connectivity index (χ0n) is 10.5. The Hall–Kier alpha value is -0.610. The van der Waals surface area contributed by atoms with Crippen LogP contribution in [0.15, 0.2) is 5.18 Å². The van der Waals surface area contributed by atoms with E-state index in [1.807, 2.05) is 13.8 Å². The van der Waals surface area contributed by atoms with Crippen molar-refractivity contribution in [2.24, 2.45) is 22.4 Å². The first-order valence-corrected chi connectivity index (χ1v) is 6.05. The number of alkyl halides is 3. The van der Waals surface area contributed by atoms with Gasteiger partial charge in [0, 0.05) is 0 Å². The molecule has 0 aliphatic heterocycles. The normalized spacial score (nSPS) is 31.6. The quantitative estimate of drug-likeness (QED) is 0.523. The molecule has 3 atom stereocenters. The molecule has 3 unspecified atom stereocenters. The van der Waals surface area contributed by atoms with Gasteiger partial charge in [-0.3, -0.25) is 0 Å². The smallest absolute Gasteiger partial charge is 0.168 e. The van der Waals surface area contributed by atoms with Crippen LogP contribution in [-0.2, 0) is 0 Å². The lowest BCUT2D eigenvalue weighted by atomic mass is 9.77. The molecule has 0 bridgehead atoms. The summed E-state index contributed by atoms with van der Waals surface area (Å²) in [6.07, 6.45) is -1.98. The molecule has 1 aliphatic carbocycles. The van der Waals surface area contributed by atoms with Gasteiger partial charge in [0.25, 0.3) is 0 Å². The number of hydrogen-bond donors (Lipinski definition) is 0. The minimum atomic E-state index is -4.50. The molecule has 1 aliphatic rings. The zero-order chi connectivity index (χ0) is 13.3. The molecule has 0 spiro atoms. The number of hydrogen-bond acceptors (Lipinski definition) is 2. The molecular formula is C12H20F3NO. The summed E-state index contributed by atoms with van der Waals surface area (Å²) in [5.41, 5.74) is -0.144. The number of halogens is 3. The lowest BCUT2D eigenvalue weighted by Gasteiger charge is -2.30. The average molecular weight is 251 g/mol. The molecule has 0 aromatic rings. The monoisotopic (exact) mass is 251 g/mol. The van der Waals surface area contributed by atoms with Crippen LogP contribution >= 0.6 is 0 Å². The molecule has 0 saturated heterocycles. The first kappa shape index (κ1) is 14.5. The Kier molecular flexibility index (Phi) is 4.20. The van der Waals surface area contributed by atoms with Gasteiger partial charge < -0.3 is 0 Å². The summed E-state index contributed by atoms with van der Waals surface area (Å²) in [6, 6.07) is -2.04. The molecule has 0 aromatic heterocycles. The third-order valence-corrected chi connectivity index (χ3v) is 3.64. The Labute approximate surface area is 99.9 Å². The number of nitrogens with zero attached hydrogens (tertiary/aromatic N) is 1. The van der Waals surface area contributed by atoms with Crippen LogP contribution in [0.4, 0.5) is 13.2 Å². The highest BCUT2D eigenvalue weighted by Crippen LogP contribution is 2.44. The van der Waals surface area contributed by atoms with Crippen molar-refractivity contribution in [1.82, 2.24) is 0 Å². The van der Waals surface area contributed by atoms with Crippen molar-refractivity contribution >= 4 is 0 Å². The summed E-state index contributed by atoms with van der Waals surface area (Å²) in [5, 5.41) is 2.34. The second kappa shape index (κ2) is 4.94. The molecule has 100 valence electrons. The zero-order valence-corrected chi connectivity index (χ0v) is 10.5. The van der Waals surface area contributed by atoms with Crippen molar-refractivity contribution in [1.29, 1.82) is 0 Å². The number of rotatable bonds is 2. The van der Waals surface area contributed by atoms with E-state index in [0.29, 0.717) is 18.8 Å². The molecule has 0 amide bonds. The van der Waals surface area contributed by atoms with Crippen molar-refractivity contribution in [3.8, 4) is 0 Å². The van der Waals surface area contributed by atoms with Crippen LogP contribution in [0.25, 0.3) is 0 Å². The van der Waals surface area contributed by atoms with E-state index in [-0.39, 0.29) is 5.41 Å². The molecule has 1 saturated carbocycles. The van der Waals surface area contributed by atoms with E-state index in [4.69, 9.17) is 0 Å². The van der Waals surface area contributed by atoms with Gasteiger partial charge in [-0.05, 0) is 36.5 Å². The summed E-state index contributed by atoms with van der Waals surface area (Å²) in [7, 11) is 0. The Morgan fingerprint density at radius 3 is 2.29 bits per heavy atom. The van der Waals surface area contributed by atoms with Crippen LogP contribution in [-0.4, -0.2) is 12.2 Å². The fraction of sp³-hybridized carbons (Fsp3) is 1.00. The summed E-state index contributed by atoms with van der Waals surface area (Å²) in [6.45, 7) is 6.00. The molecular weight excluding hydrogens is 231 g/mol. The maximum Gasteiger partial charge on any atom is 0.414 e. The van der Waals surface area contributed by atoms with Gasteiger partial charge in [-0.25, -0.2) is 0 Å². The summed E-state index contributed by atoms with van der Waals surface area (Å²) < 4.78 is 38.1. The molecule has 1 rings (SSSR count). The van der Waals surface area contributed by atoms with E-state index < -0.39 is 18.1 Å². The first-order valence-electron chi connectivity index (χ1n) is 6.05. The largest absolute Gasteiger partial charge is 0.414 e. The van der Waals surface area contributed by atoms with Crippen LogP contribution in [0.2, 0.25) is 0 Å². The topological polar surface area (TPSA) is 29.4 Å². The molecule has 0 aromatic carbocycles. The van der Waals surface area contributed by atoms with Crippen molar-refractivity contribution < 1.29 is 13.2 Å². The molecule has 0 heterocycles. The van der Waals surface area contributed by atoms with E-state index in [9.17, 15) is 18.1 Å². The highest BCUT2D eigenvalue weighted by molar-refractivity contribution is 4.89. The van der Waals surface area contributed by atoms with Crippen LogP contribution in [0, 0.1) is 22.2 Å². The van der Waals surface area contributed by atoms with E-state index >= 15 is 0 Å². The van der Waals surface area contributed by atoms with Crippen molar-refractivity contribution in [3.63, 3.8) is 0 Å². The molecule has 2 nitrogen and oxygen atoms in total. The van der Waals surface area contributed by atoms with E-state index in [0.717, 1.165) is 12.8 Å². The van der Waals surface area contributed by atoms with Crippen molar-refractivity contribution in [3.05, 3.63) is 4.91 Å². The Balaban J connectivity index is 2.85. The highest BCUT2D eigenvalue weighted by Gasteiger charge is 2.48. The van der Waals surface area contributed by atoms with Gasteiger partial charge in [-0.15, -0.1) is 0 Å².